The van der Waals surface area contributed by atoms with Crippen molar-refractivity contribution in [2.24, 2.45) is 0 Å². The number of hydrogen-bond donors (Lipinski definition) is 1. The van der Waals surface area contributed by atoms with E-state index in [1.807, 2.05) is 0 Å². The lowest BCUT2D eigenvalue weighted by Gasteiger charge is -2.42. The fourth-order valence-electron chi connectivity index (χ4n) is 1.65. The molecule has 0 bridgehead atoms. The minimum absolute atomic E-state index is 0.298. The molecule has 15 heavy (non-hydrogen) atoms. The Morgan fingerprint density at radius 1 is 1.53 bits per heavy atom. The highest BCUT2D eigenvalue weighted by atomic mass is 31.0. The van der Waals surface area contributed by atoms with E-state index in [0.29, 0.717) is 6.61 Å². The Morgan fingerprint density at radius 2 is 2.27 bits per heavy atom. The summed E-state index contributed by atoms with van der Waals surface area (Å²) >= 11 is 0. The van der Waals surface area contributed by atoms with Crippen LogP contribution < -0.4 is 0 Å². The van der Waals surface area contributed by atoms with Gasteiger partial charge in [0.05, 0.1) is 18.8 Å². The highest BCUT2D eigenvalue weighted by molar-refractivity contribution is 7.10. The van der Waals surface area contributed by atoms with Crippen LogP contribution in [0.3, 0.4) is 0 Å². The molecule has 1 rings (SSSR count). The first-order valence-electron chi connectivity index (χ1n) is 4.90. The van der Waals surface area contributed by atoms with E-state index < -0.39 is 18.3 Å². The van der Waals surface area contributed by atoms with Crippen LogP contribution in [-0.4, -0.2) is 51.7 Å². The quantitative estimate of drug-likeness (QED) is 0.533. The number of aliphatic hydroxyl groups excluding tert-OH is 1. The van der Waals surface area contributed by atoms with Gasteiger partial charge in [-0.3, -0.25) is 0 Å². The summed E-state index contributed by atoms with van der Waals surface area (Å²) in [6.07, 6.45) is -2.29. The minimum Gasteiger partial charge on any atom is -0.440 e. The molecule has 1 fully saturated rings. The molecule has 86 valence electrons. The van der Waals surface area contributed by atoms with Crippen molar-refractivity contribution in [3.05, 3.63) is 0 Å². The molecule has 0 aromatic rings. The fourth-order valence-corrected chi connectivity index (χ4v) is 2.14. The number of ether oxygens (including phenoxy) is 1. The minimum atomic E-state index is -0.563. The van der Waals surface area contributed by atoms with Gasteiger partial charge in [0.25, 0.3) is 8.05 Å². The Balaban J connectivity index is 2.78. The molecule has 1 N–H and O–H groups in total. The van der Waals surface area contributed by atoms with Crippen molar-refractivity contribution < 1.29 is 23.5 Å². The molecule has 0 aromatic heterocycles. The first-order valence-corrected chi connectivity index (χ1v) is 5.44. The third kappa shape index (κ3) is 3.10. The van der Waals surface area contributed by atoms with Gasteiger partial charge in [-0.2, -0.15) is 0 Å². The van der Waals surface area contributed by atoms with E-state index in [1.165, 1.54) is 0 Å². The molecule has 0 aliphatic carbocycles. The maximum atomic E-state index is 6.99. The fraction of sp³-hybridized carbons (Fsp3) is 1.00. The van der Waals surface area contributed by atoms with Crippen LogP contribution in [0.4, 0.5) is 0 Å². The molecule has 1 heterocycles. The maximum Gasteiger partial charge on any atom is 0.283 e. The summed E-state index contributed by atoms with van der Waals surface area (Å²) in [7, 11) is 9.46. The van der Waals surface area contributed by atoms with Crippen LogP contribution in [-0.2, 0) is 18.4 Å². The van der Waals surface area contributed by atoms with E-state index in [2.05, 4.69) is 24.0 Å². The van der Waals surface area contributed by atoms with E-state index >= 15 is 0 Å². The zero-order chi connectivity index (χ0) is 12.1. The van der Waals surface area contributed by atoms with Gasteiger partial charge in [-0.05, 0) is 6.92 Å². The highest BCUT2D eigenvalue weighted by Gasteiger charge is 2.43. The molecule has 1 aliphatic rings. The third-order valence-electron chi connectivity index (χ3n) is 2.44. The molecule has 4 unspecified atom stereocenters. The van der Waals surface area contributed by atoms with Gasteiger partial charge in [0, 0.05) is 18.9 Å². The van der Waals surface area contributed by atoms with Crippen molar-refractivity contribution in [3.63, 3.8) is 0 Å². The SMILES string of the molecule is [2H]O[C@H]1C(C)OC(COP)[C@H](O[B])[C@@H]1OP. The molecule has 0 amide bonds. The monoisotopic (exact) mass is 253 g/mol. The summed E-state index contributed by atoms with van der Waals surface area (Å²) in [6, 6.07) is 0. The average Bonchev–Trinajstić information content (AvgIpc) is 2.28. The Kier molecular flexibility index (Phi) is 5.25. The van der Waals surface area contributed by atoms with Crippen molar-refractivity contribution in [1.29, 1.82) is 1.43 Å². The van der Waals surface area contributed by atoms with Gasteiger partial charge in [-0.15, -0.1) is 0 Å². The Labute approximate surface area is 96.7 Å². The van der Waals surface area contributed by atoms with E-state index in [0.717, 1.165) is 0 Å². The number of rotatable bonds is 5. The van der Waals surface area contributed by atoms with E-state index in [4.69, 9.17) is 27.9 Å². The molecule has 1 aliphatic heterocycles. The van der Waals surface area contributed by atoms with Crippen molar-refractivity contribution in [1.82, 2.24) is 0 Å². The Morgan fingerprint density at radius 3 is 2.73 bits per heavy atom. The Bertz CT molecular complexity index is 215. The maximum absolute atomic E-state index is 6.99. The van der Waals surface area contributed by atoms with Crippen LogP contribution in [0.5, 0.6) is 0 Å². The Hall–Kier alpha value is 0.725. The zero-order valence-electron chi connectivity index (χ0n) is 9.37. The molecule has 1 saturated heterocycles. The van der Waals surface area contributed by atoms with Crippen molar-refractivity contribution in [3.8, 4) is 0 Å². The second kappa shape index (κ2) is 6.46. The standard InChI is InChI=1S/C7H15BO5P2/c1-3-5(9)7(13-15)6(12-8)4(11-3)2-10-14/h3-7,9H,2,14-15H2,1H3/t3?,4?,5-,6-,7+/m0/s1/i9D. The highest BCUT2D eigenvalue weighted by Crippen LogP contribution is 2.27. The smallest absolute Gasteiger partial charge is 0.283 e. The van der Waals surface area contributed by atoms with Crippen LogP contribution >= 0.6 is 18.9 Å². The molecule has 0 spiro atoms. The first-order chi connectivity index (χ1) is 7.69. The summed E-state index contributed by atoms with van der Waals surface area (Å²) in [5, 5.41) is 4.57. The molecule has 0 saturated carbocycles. The molecular weight excluding hydrogens is 237 g/mol. The van der Waals surface area contributed by atoms with Gasteiger partial charge >= 0.3 is 0 Å². The van der Waals surface area contributed by atoms with Gasteiger partial charge in [0.1, 0.15) is 18.3 Å². The van der Waals surface area contributed by atoms with Gasteiger partial charge in [-0.1, -0.05) is 0 Å². The molecule has 7 atom stereocenters. The van der Waals surface area contributed by atoms with Crippen molar-refractivity contribution in [2.45, 2.75) is 37.4 Å². The topological polar surface area (TPSA) is 57.2 Å². The normalized spacial score (nSPS) is 42.6. The summed E-state index contributed by atoms with van der Waals surface area (Å²) in [4.78, 5) is 0. The summed E-state index contributed by atoms with van der Waals surface area (Å²) in [5.41, 5.74) is 0. The van der Waals surface area contributed by atoms with Gasteiger partial charge in [0.15, 0.2) is 0 Å². The largest absolute Gasteiger partial charge is 0.440 e. The summed E-state index contributed by atoms with van der Waals surface area (Å²) in [6.45, 7) is 2.09. The lowest BCUT2D eigenvalue weighted by molar-refractivity contribution is -0.205. The number of aliphatic hydroxyl groups is 1. The molecular formula is C7H15BO5P2. The predicted molar refractivity (Wildman–Crippen MR) is 61.2 cm³/mol. The van der Waals surface area contributed by atoms with Crippen molar-refractivity contribution >= 4 is 27.0 Å². The molecule has 5 nitrogen and oxygen atoms in total. The summed E-state index contributed by atoms with van der Waals surface area (Å²) in [5.74, 6) is 0. The van der Waals surface area contributed by atoms with Crippen LogP contribution in [0.15, 0.2) is 0 Å². The van der Waals surface area contributed by atoms with E-state index in [-0.39, 0.29) is 12.2 Å². The summed E-state index contributed by atoms with van der Waals surface area (Å²) < 4.78 is 27.5. The second-order valence-corrected chi connectivity index (χ2v) is 3.98. The van der Waals surface area contributed by atoms with Gasteiger partial charge in [-0.25, -0.2) is 0 Å². The van der Waals surface area contributed by atoms with Crippen LogP contribution in [0.2, 0.25) is 0 Å². The molecule has 2 radical (unpaired) electrons. The van der Waals surface area contributed by atoms with E-state index in [1.54, 1.807) is 6.92 Å². The molecule has 8 heteroatoms. The number of hydrogen-bond acceptors (Lipinski definition) is 5. The van der Waals surface area contributed by atoms with Crippen molar-refractivity contribution in [2.75, 3.05) is 6.61 Å². The first kappa shape index (κ1) is 12.2. The lowest BCUT2D eigenvalue weighted by atomic mass is 9.95. The van der Waals surface area contributed by atoms with Crippen LogP contribution in [0.1, 0.15) is 6.92 Å². The van der Waals surface area contributed by atoms with Crippen LogP contribution in [0, 0.1) is 0 Å². The third-order valence-corrected chi connectivity index (χ3v) is 2.95. The average molecular weight is 253 g/mol. The second-order valence-electron chi connectivity index (χ2n) is 3.38. The van der Waals surface area contributed by atoms with E-state index in [9.17, 15) is 0 Å². The van der Waals surface area contributed by atoms with Gasteiger partial charge in [0.2, 0.25) is 1.43 Å². The van der Waals surface area contributed by atoms with Crippen LogP contribution in [0.25, 0.3) is 0 Å². The lowest BCUT2D eigenvalue weighted by Crippen LogP contribution is -2.58. The molecule has 0 aromatic carbocycles. The van der Waals surface area contributed by atoms with Gasteiger partial charge < -0.3 is 23.5 Å². The zero-order valence-corrected chi connectivity index (χ0v) is 10.7. The predicted octanol–water partition coefficient (Wildman–Crippen LogP) is -0.415.